The van der Waals surface area contributed by atoms with Crippen LogP contribution in [0.3, 0.4) is 0 Å². The fraction of sp³-hybridized carbons (Fsp3) is 0.333. The SMILES string of the molecule is Cn1nc(C(=O)NCc2ccc(Cl)cc2)c2c1C(=O)N(CC1(NSc3ccccn3)CC1)CC2. The van der Waals surface area contributed by atoms with E-state index in [1.165, 1.54) is 16.6 Å². The van der Waals surface area contributed by atoms with Gasteiger partial charge in [0.05, 0.1) is 0 Å². The zero-order valence-corrected chi connectivity index (χ0v) is 20.3. The summed E-state index contributed by atoms with van der Waals surface area (Å²) in [5, 5.41) is 8.86. The van der Waals surface area contributed by atoms with E-state index in [2.05, 4.69) is 20.1 Å². The predicted octanol–water partition coefficient (Wildman–Crippen LogP) is 3.23. The van der Waals surface area contributed by atoms with Crippen LogP contribution in [0.1, 0.15) is 44.9 Å². The van der Waals surface area contributed by atoms with E-state index in [9.17, 15) is 9.59 Å². The Morgan fingerprint density at radius 2 is 2.00 bits per heavy atom. The van der Waals surface area contributed by atoms with Crippen LogP contribution in [0.4, 0.5) is 0 Å². The smallest absolute Gasteiger partial charge is 0.272 e. The molecule has 0 spiro atoms. The number of aryl methyl sites for hydroxylation is 1. The molecule has 10 heteroatoms. The number of rotatable bonds is 8. The number of benzene rings is 1. The van der Waals surface area contributed by atoms with Crippen molar-refractivity contribution in [3.05, 3.63) is 76.2 Å². The number of nitrogens with one attached hydrogen (secondary N) is 2. The van der Waals surface area contributed by atoms with E-state index in [0.717, 1.165) is 29.0 Å². The molecule has 2 amide bonds. The number of amides is 2. The fourth-order valence-electron chi connectivity index (χ4n) is 4.15. The van der Waals surface area contributed by atoms with E-state index in [-0.39, 0.29) is 17.4 Å². The molecule has 1 aromatic carbocycles. The molecule has 1 saturated carbocycles. The summed E-state index contributed by atoms with van der Waals surface area (Å²) in [7, 11) is 1.72. The number of pyridine rings is 1. The number of aromatic nitrogens is 3. The van der Waals surface area contributed by atoms with Crippen molar-refractivity contribution in [1.82, 2.24) is 29.7 Å². The fourth-order valence-corrected chi connectivity index (χ4v) is 5.12. The Kier molecular flexibility index (Phi) is 6.33. The molecule has 3 heterocycles. The highest BCUT2D eigenvalue weighted by Gasteiger charge is 2.46. The van der Waals surface area contributed by atoms with Crippen LogP contribution in [-0.4, -0.2) is 50.1 Å². The zero-order valence-electron chi connectivity index (χ0n) is 18.8. The van der Waals surface area contributed by atoms with Crippen LogP contribution in [0.25, 0.3) is 0 Å². The van der Waals surface area contributed by atoms with Crippen LogP contribution >= 0.6 is 23.5 Å². The first kappa shape index (κ1) is 22.9. The summed E-state index contributed by atoms with van der Waals surface area (Å²) in [6, 6.07) is 13.1. The lowest BCUT2D eigenvalue weighted by atomic mass is 10.0. The van der Waals surface area contributed by atoms with Crippen LogP contribution in [0.5, 0.6) is 0 Å². The summed E-state index contributed by atoms with van der Waals surface area (Å²) in [4.78, 5) is 32.4. The molecule has 0 atom stereocenters. The zero-order chi connectivity index (χ0) is 23.7. The largest absolute Gasteiger partial charge is 0.347 e. The molecule has 1 aliphatic carbocycles. The lowest BCUT2D eigenvalue weighted by Gasteiger charge is -2.31. The minimum atomic E-state index is -0.278. The molecule has 5 rings (SSSR count). The third-order valence-electron chi connectivity index (χ3n) is 6.21. The van der Waals surface area contributed by atoms with Crippen LogP contribution < -0.4 is 10.0 Å². The highest BCUT2D eigenvalue weighted by molar-refractivity contribution is 7.97. The summed E-state index contributed by atoms with van der Waals surface area (Å²) < 4.78 is 5.06. The maximum Gasteiger partial charge on any atom is 0.272 e. The molecule has 176 valence electrons. The number of carbonyl (C=O) groups excluding carboxylic acids is 2. The van der Waals surface area contributed by atoms with Gasteiger partial charge in [0.25, 0.3) is 11.8 Å². The maximum atomic E-state index is 13.3. The number of carbonyl (C=O) groups is 2. The summed E-state index contributed by atoms with van der Waals surface area (Å²) >= 11 is 7.43. The second kappa shape index (κ2) is 9.40. The Labute approximate surface area is 207 Å². The summed E-state index contributed by atoms with van der Waals surface area (Å²) in [6.45, 7) is 1.55. The molecule has 1 aliphatic heterocycles. The normalized spacial score (nSPS) is 16.3. The second-order valence-electron chi connectivity index (χ2n) is 8.74. The van der Waals surface area contributed by atoms with Gasteiger partial charge in [0.2, 0.25) is 0 Å². The van der Waals surface area contributed by atoms with Gasteiger partial charge in [-0.25, -0.2) is 4.98 Å². The summed E-state index contributed by atoms with van der Waals surface area (Å²) in [6.07, 6.45) is 4.38. The van der Waals surface area contributed by atoms with Gasteiger partial charge in [0, 0.05) is 49.0 Å². The predicted molar refractivity (Wildman–Crippen MR) is 131 cm³/mol. The monoisotopic (exact) mass is 496 g/mol. The lowest BCUT2D eigenvalue weighted by molar-refractivity contribution is 0.0709. The van der Waals surface area contributed by atoms with E-state index in [1.807, 2.05) is 35.2 Å². The number of fused-ring (bicyclic) bond motifs is 1. The molecule has 2 N–H and O–H groups in total. The third kappa shape index (κ3) is 4.82. The molecule has 0 bridgehead atoms. The molecule has 0 saturated heterocycles. The first-order chi connectivity index (χ1) is 16.4. The summed E-state index contributed by atoms with van der Waals surface area (Å²) in [5.74, 6) is -0.357. The Bertz CT molecular complexity index is 1210. The van der Waals surface area contributed by atoms with Crippen LogP contribution in [-0.2, 0) is 20.0 Å². The van der Waals surface area contributed by atoms with Gasteiger partial charge in [-0.1, -0.05) is 29.8 Å². The van der Waals surface area contributed by atoms with Gasteiger partial charge in [-0.2, -0.15) is 5.10 Å². The molecule has 8 nitrogen and oxygen atoms in total. The van der Waals surface area contributed by atoms with Crippen molar-refractivity contribution >= 4 is 35.4 Å². The average molecular weight is 497 g/mol. The van der Waals surface area contributed by atoms with Crippen molar-refractivity contribution in [3.63, 3.8) is 0 Å². The average Bonchev–Trinajstić information content (AvgIpc) is 3.53. The maximum absolute atomic E-state index is 13.3. The first-order valence-corrected chi connectivity index (χ1v) is 12.4. The highest BCUT2D eigenvalue weighted by Crippen LogP contribution is 2.40. The van der Waals surface area contributed by atoms with Gasteiger partial charge in [-0.3, -0.25) is 19.0 Å². The van der Waals surface area contributed by atoms with E-state index < -0.39 is 0 Å². The number of nitrogens with zero attached hydrogens (tertiary/aromatic N) is 4. The topological polar surface area (TPSA) is 92.2 Å². The highest BCUT2D eigenvalue weighted by atomic mass is 35.5. The number of hydrogen-bond acceptors (Lipinski definition) is 6. The van der Waals surface area contributed by atoms with Crippen molar-refractivity contribution in [3.8, 4) is 0 Å². The van der Waals surface area contributed by atoms with Gasteiger partial charge >= 0.3 is 0 Å². The molecule has 34 heavy (non-hydrogen) atoms. The molecule has 1 fully saturated rings. The number of hydrogen-bond donors (Lipinski definition) is 2. The van der Waals surface area contributed by atoms with Crippen molar-refractivity contribution in [2.45, 2.75) is 36.4 Å². The molecule has 2 aromatic heterocycles. The van der Waals surface area contributed by atoms with Gasteiger partial charge < -0.3 is 10.2 Å². The summed E-state index contributed by atoms with van der Waals surface area (Å²) in [5.41, 5.74) is 2.38. The van der Waals surface area contributed by atoms with Crippen molar-refractivity contribution in [1.29, 1.82) is 0 Å². The minimum absolute atomic E-state index is 0.0797. The van der Waals surface area contributed by atoms with Gasteiger partial charge in [-0.15, -0.1) is 0 Å². The van der Waals surface area contributed by atoms with Gasteiger partial charge in [0.1, 0.15) is 10.7 Å². The standard InChI is InChI=1S/C24H25ClN6O2S/c1-30-21-18(20(28-30)22(32)27-14-16-5-7-17(25)8-6-16)9-13-31(23(21)33)15-24(10-11-24)29-34-19-4-2-3-12-26-19/h2-8,12,29H,9-11,13-15H2,1H3,(H,27,32). The lowest BCUT2D eigenvalue weighted by Crippen LogP contribution is -2.47. The Morgan fingerprint density at radius 3 is 2.71 bits per heavy atom. The molecule has 0 radical (unpaired) electrons. The van der Waals surface area contributed by atoms with Crippen molar-refractivity contribution < 1.29 is 9.59 Å². The van der Waals surface area contributed by atoms with E-state index in [0.29, 0.717) is 42.5 Å². The van der Waals surface area contributed by atoms with Gasteiger partial charge in [0.15, 0.2) is 5.69 Å². The Hall–Kier alpha value is -2.88. The Balaban J connectivity index is 1.24. The number of halogens is 1. The van der Waals surface area contributed by atoms with E-state index in [1.54, 1.807) is 25.4 Å². The molecule has 3 aromatic rings. The van der Waals surface area contributed by atoms with Crippen molar-refractivity contribution in [2.75, 3.05) is 13.1 Å². The molecule has 0 unspecified atom stereocenters. The molecule has 2 aliphatic rings. The van der Waals surface area contributed by atoms with Gasteiger partial charge in [-0.05, 0) is 61.0 Å². The van der Waals surface area contributed by atoms with Crippen molar-refractivity contribution in [2.24, 2.45) is 7.05 Å². The first-order valence-electron chi connectivity index (χ1n) is 11.2. The van der Waals surface area contributed by atoms with Crippen LogP contribution in [0, 0.1) is 0 Å². The Morgan fingerprint density at radius 1 is 1.21 bits per heavy atom. The van der Waals surface area contributed by atoms with Crippen LogP contribution in [0.15, 0.2) is 53.7 Å². The second-order valence-corrected chi connectivity index (χ2v) is 10.0. The third-order valence-corrected chi connectivity index (χ3v) is 7.44. The minimum Gasteiger partial charge on any atom is -0.347 e. The molecular weight excluding hydrogens is 472 g/mol. The van der Waals surface area contributed by atoms with Crippen LogP contribution in [0.2, 0.25) is 5.02 Å². The molecular formula is C24H25ClN6O2S. The van der Waals surface area contributed by atoms with E-state index >= 15 is 0 Å². The van der Waals surface area contributed by atoms with E-state index in [4.69, 9.17) is 11.6 Å². The quantitative estimate of drug-likeness (QED) is 0.465.